The molecule has 0 bridgehead atoms. The van der Waals surface area contributed by atoms with Crippen LogP contribution < -0.4 is 5.73 Å². The maximum absolute atomic E-state index is 10.3. The second-order valence-corrected chi connectivity index (χ2v) is 3.14. The van der Waals surface area contributed by atoms with Crippen LogP contribution in [0.2, 0.25) is 0 Å². The van der Waals surface area contributed by atoms with Crippen molar-refractivity contribution >= 4 is 29.7 Å². The van der Waals surface area contributed by atoms with Gasteiger partial charge in [-0.05, 0) is 0 Å². The van der Waals surface area contributed by atoms with Crippen molar-refractivity contribution in [3.8, 4) is 0 Å². The Morgan fingerprint density at radius 1 is 1.65 bits per heavy atom. The van der Waals surface area contributed by atoms with E-state index >= 15 is 0 Å². The molecule has 0 aliphatic rings. The fraction of sp³-hybridized carbons (Fsp3) is 0.500. The monoisotopic (exact) mass is 287 g/mol. The van der Waals surface area contributed by atoms with Crippen LogP contribution in [0.3, 0.4) is 0 Å². The molecule has 0 radical (unpaired) electrons. The maximum atomic E-state index is 10.3. The Kier molecular flexibility index (Phi) is 14.4. The number of carboxylic acids is 1. The average Bonchev–Trinajstić information content (AvgIpc) is 2.72. The Balaban J connectivity index is 0. The van der Waals surface area contributed by atoms with Gasteiger partial charge in [-0.1, -0.05) is 0 Å². The van der Waals surface area contributed by atoms with Gasteiger partial charge in [0.15, 0.2) is 0 Å². The molecule has 100 valence electrons. The van der Waals surface area contributed by atoms with E-state index in [-0.39, 0.29) is 6.42 Å². The minimum Gasteiger partial charge on any atom is -0.480 e. The number of aliphatic carboxylic acids is 1. The zero-order valence-electron chi connectivity index (χ0n) is 9.39. The van der Waals surface area contributed by atoms with Crippen LogP contribution >= 0.6 is 23.7 Å². The van der Waals surface area contributed by atoms with Gasteiger partial charge in [0.1, 0.15) is 6.04 Å². The smallest absolute Gasteiger partial charge is 0.320 e. The highest BCUT2D eigenvalue weighted by molar-refractivity contribution is 6.24. The van der Waals surface area contributed by atoms with Crippen molar-refractivity contribution in [2.75, 3.05) is 14.2 Å². The van der Waals surface area contributed by atoms with Crippen LogP contribution in [0.4, 0.5) is 0 Å². The van der Waals surface area contributed by atoms with Crippen LogP contribution in [0.25, 0.3) is 0 Å². The number of ether oxygens (including phenoxy) is 1. The number of imidazole rings is 1. The zero-order chi connectivity index (χ0) is 13.7. The first-order valence-corrected chi connectivity index (χ1v) is 4.90. The van der Waals surface area contributed by atoms with Crippen LogP contribution in [0.15, 0.2) is 12.5 Å². The summed E-state index contributed by atoms with van der Waals surface area (Å²) in [6.07, 6.45) is 3.38. The largest absolute Gasteiger partial charge is 0.480 e. The van der Waals surface area contributed by atoms with E-state index in [0.717, 1.165) is 0 Å². The molecule has 0 saturated heterocycles. The van der Waals surface area contributed by atoms with E-state index in [9.17, 15) is 4.79 Å². The van der Waals surface area contributed by atoms with Crippen molar-refractivity contribution in [2.45, 2.75) is 12.5 Å². The van der Waals surface area contributed by atoms with Gasteiger partial charge in [0, 0.05) is 26.8 Å². The van der Waals surface area contributed by atoms with E-state index in [1.54, 1.807) is 20.4 Å². The van der Waals surface area contributed by atoms with Crippen molar-refractivity contribution in [1.82, 2.24) is 9.97 Å². The number of carbonyl (C=O) groups is 1. The minimum atomic E-state index is -1.01. The summed E-state index contributed by atoms with van der Waals surface area (Å²) in [6.45, 7) is 0. The Morgan fingerprint density at radius 2 is 2.12 bits per heavy atom. The number of aromatic nitrogens is 2. The zero-order valence-corrected chi connectivity index (χ0v) is 10.9. The topological polar surface area (TPSA) is 110 Å². The number of halogens is 2. The Morgan fingerprint density at radius 3 is 2.41 bits per heavy atom. The van der Waals surface area contributed by atoms with E-state index in [0.29, 0.717) is 5.69 Å². The number of H-pyrrole nitrogens is 1. The number of rotatable bonds is 3. The van der Waals surface area contributed by atoms with Crippen LogP contribution in [0.1, 0.15) is 5.69 Å². The summed E-state index contributed by atoms with van der Waals surface area (Å²) >= 11 is 8.53. The third kappa shape index (κ3) is 13.1. The number of aromatic amines is 1. The molecule has 4 N–H and O–H groups in total. The SMILES string of the molecule is COC.ClOCl.N[C@@H](Cc1c[nH]cn1)C(=O)O. The van der Waals surface area contributed by atoms with Gasteiger partial charge in [-0.3, -0.25) is 4.79 Å². The van der Waals surface area contributed by atoms with E-state index in [1.165, 1.54) is 6.33 Å². The molecule has 0 aromatic carbocycles. The van der Waals surface area contributed by atoms with Gasteiger partial charge in [-0.25, -0.2) is 4.98 Å². The summed E-state index contributed by atoms with van der Waals surface area (Å²) in [5.74, 6) is -1.01. The van der Waals surface area contributed by atoms with E-state index in [1.807, 2.05) is 0 Å². The lowest BCUT2D eigenvalue weighted by Gasteiger charge is -2.01. The molecule has 1 rings (SSSR count). The summed E-state index contributed by atoms with van der Waals surface area (Å²) in [5, 5.41) is 8.42. The molecule has 7 nitrogen and oxygen atoms in total. The van der Waals surface area contributed by atoms with Gasteiger partial charge in [0.25, 0.3) is 0 Å². The first-order chi connectivity index (χ1) is 8.03. The predicted octanol–water partition coefficient (Wildman–Crippen LogP) is 0.937. The van der Waals surface area contributed by atoms with Gasteiger partial charge >= 0.3 is 5.97 Å². The second kappa shape index (κ2) is 13.2. The molecule has 0 aliphatic carbocycles. The number of carboxylic acid groups (broad SMARTS) is 1. The molecule has 0 unspecified atom stereocenters. The number of hydrogen-bond acceptors (Lipinski definition) is 5. The summed E-state index contributed by atoms with van der Waals surface area (Å²) < 4.78 is 7.44. The molecular weight excluding hydrogens is 273 g/mol. The van der Waals surface area contributed by atoms with Crippen molar-refractivity contribution in [2.24, 2.45) is 5.73 Å². The fourth-order valence-corrected chi connectivity index (χ4v) is 0.715. The van der Waals surface area contributed by atoms with Crippen molar-refractivity contribution in [3.63, 3.8) is 0 Å². The number of nitrogens with one attached hydrogen (secondary N) is 1. The van der Waals surface area contributed by atoms with E-state index in [2.05, 4.69) is 42.3 Å². The maximum Gasteiger partial charge on any atom is 0.320 e. The molecule has 1 atom stereocenters. The van der Waals surface area contributed by atoms with Crippen LogP contribution in [-0.4, -0.2) is 41.3 Å². The highest BCUT2D eigenvalue weighted by Crippen LogP contribution is 1.95. The summed E-state index contributed by atoms with van der Waals surface area (Å²) in [5.41, 5.74) is 5.92. The third-order valence-corrected chi connectivity index (χ3v) is 1.30. The van der Waals surface area contributed by atoms with Crippen LogP contribution in [0.5, 0.6) is 0 Å². The fourth-order valence-electron chi connectivity index (χ4n) is 0.715. The number of hydrogen-bond donors (Lipinski definition) is 3. The Bertz CT molecular complexity index is 270. The second-order valence-electron chi connectivity index (χ2n) is 2.68. The Hall–Kier alpha value is -0.860. The molecule has 0 amide bonds. The molecule has 0 saturated carbocycles. The number of nitrogens with zero attached hydrogens (tertiary/aromatic N) is 1. The van der Waals surface area contributed by atoms with Gasteiger partial charge < -0.3 is 20.6 Å². The summed E-state index contributed by atoms with van der Waals surface area (Å²) in [4.78, 5) is 16.8. The van der Waals surface area contributed by atoms with Gasteiger partial charge in [-0.2, -0.15) is 3.84 Å². The molecule has 9 heteroatoms. The first-order valence-electron chi connectivity index (χ1n) is 4.28. The molecule has 0 spiro atoms. The third-order valence-electron chi connectivity index (χ3n) is 1.30. The lowest BCUT2D eigenvalue weighted by Crippen LogP contribution is -2.32. The van der Waals surface area contributed by atoms with Gasteiger partial charge in [0.05, 0.1) is 35.8 Å². The molecule has 1 aromatic rings. The lowest BCUT2D eigenvalue weighted by molar-refractivity contribution is -0.138. The first kappa shape index (κ1) is 18.5. The summed E-state index contributed by atoms with van der Waals surface area (Å²) in [7, 11) is 3.25. The predicted molar refractivity (Wildman–Crippen MR) is 63.6 cm³/mol. The number of nitrogens with two attached hydrogens (primary N) is 1. The molecule has 17 heavy (non-hydrogen) atoms. The molecule has 1 aromatic heterocycles. The highest BCUT2D eigenvalue weighted by atomic mass is 35.6. The van der Waals surface area contributed by atoms with E-state index < -0.39 is 12.0 Å². The normalized spacial score (nSPS) is 10.4. The highest BCUT2D eigenvalue weighted by Gasteiger charge is 2.12. The molecule has 0 aliphatic heterocycles. The van der Waals surface area contributed by atoms with Crippen molar-refractivity contribution < 1.29 is 18.5 Å². The van der Waals surface area contributed by atoms with Crippen molar-refractivity contribution in [3.05, 3.63) is 18.2 Å². The molecule has 1 heterocycles. The lowest BCUT2D eigenvalue weighted by atomic mass is 10.2. The average molecular weight is 288 g/mol. The summed E-state index contributed by atoms with van der Waals surface area (Å²) in [6, 6.07) is -0.863. The number of methoxy groups -OCH3 is 1. The van der Waals surface area contributed by atoms with Gasteiger partial charge in [0.2, 0.25) is 0 Å². The van der Waals surface area contributed by atoms with Crippen LogP contribution in [-0.2, 0) is 19.8 Å². The standard InChI is InChI=1S/C6H9N3O2.C2H6O.Cl2O/c7-5(6(10)11)1-4-2-8-3-9-4;2*1-3-2/h2-3,5H,1,7H2,(H,8,9)(H,10,11);1-2H3;/t5-;;/m0../s1. The van der Waals surface area contributed by atoms with E-state index in [4.69, 9.17) is 10.8 Å². The molecular formula is C8H15Cl2N3O4. The quantitative estimate of drug-likeness (QED) is 0.763. The van der Waals surface area contributed by atoms with Crippen LogP contribution in [0, 0.1) is 0 Å². The minimum absolute atomic E-state index is 0.263. The molecule has 0 fully saturated rings. The van der Waals surface area contributed by atoms with Gasteiger partial charge in [-0.15, -0.1) is 0 Å². The Labute approximate surface area is 109 Å². The van der Waals surface area contributed by atoms with Crippen molar-refractivity contribution in [1.29, 1.82) is 0 Å².